The monoisotopic (exact) mass is 379 g/mol. The van der Waals surface area contributed by atoms with Gasteiger partial charge >= 0.3 is 0 Å². The first-order valence-electron chi connectivity index (χ1n) is 8.82. The predicted octanol–water partition coefficient (Wildman–Crippen LogP) is -0.330. The van der Waals surface area contributed by atoms with Gasteiger partial charge in [-0.2, -0.15) is 20.0 Å². The first-order valence-corrected chi connectivity index (χ1v) is 8.82. The molecular formula is C16H17N11O. The minimum Gasteiger partial charge on any atom is -0.331 e. The third-order valence-electron chi connectivity index (χ3n) is 4.66. The molecule has 0 aliphatic carbocycles. The summed E-state index contributed by atoms with van der Waals surface area (Å²) >= 11 is 0. The van der Waals surface area contributed by atoms with Crippen LogP contribution in [-0.2, 0) is 6.54 Å². The van der Waals surface area contributed by atoms with E-state index >= 15 is 0 Å². The molecule has 12 nitrogen and oxygen atoms in total. The lowest BCUT2D eigenvalue weighted by molar-refractivity contribution is 0.0486. The van der Waals surface area contributed by atoms with Gasteiger partial charge < -0.3 is 4.90 Å². The van der Waals surface area contributed by atoms with Crippen LogP contribution in [0.25, 0.3) is 5.78 Å². The van der Waals surface area contributed by atoms with Gasteiger partial charge in [-0.05, 0) is 19.9 Å². The Kier molecular flexibility index (Phi) is 3.64. The molecule has 0 saturated carbocycles. The van der Waals surface area contributed by atoms with Crippen LogP contribution < -0.4 is 0 Å². The minimum atomic E-state index is -0.208. The molecule has 5 rings (SSSR count). The third-order valence-corrected chi connectivity index (χ3v) is 4.66. The number of rotatable bonds is 4. The molecule has 0 atom stereocenters. The van der Waals surface area contributed by atoms with E-state index in [0.29, 0.717) is 25.4 Å². The Labute approximate surface area is 158 Å². The van der Waals surface area contributed by atoms with Crippen molar-refractivity contribution in [3.63, 3.8) is 0 Å². The zero-order valence-electron chi connectivity index (χ0n) is 15.3. The number of aromatic nitrogens is 10. The van der Waals surface area contributed by atoms with Gasteiger partial charge in [0.25, 0.3) is 11.7 Å². The van der Waals surface area contributed by atoms with Gasteiger partial charge in [-0.15, -0.1) is 10.2 Å². The van der Waals surface area contributed by atoms with Crippen LogP contribution >= 0.6 is 0 Å². The Morgan fingerprint density at radius 3 is 2.75 bits per heavy atom. The number of hydrogen-bond acceptors (Lipinski definition) is 8. The van der Waals surface area contributed by atoms with Crippen molar-refractivity contribution in [3.8, 4) is 0 Å². The molecular weight excluding hydrogens is 362 g/mol. The summed E-state index contributed by atoms with van der Waals surface area (Å²) in [4.78, 5) is 24.5. The summed E-state index contributed by atoms with van der Waals surface area (Å²) < 4.78 is 3.36. The summed E-state index contributed by atoms with van der Waals surface area (Å²) in [5, 5.41) is 20.7. The van der Waals surface area contributed by atoms with Gasteiger partial charge in [0.2, 0.25) is 5.82 Å². The van der Waals surface area contributed by atoms with Crippen LogP contribution in [-0.4, -0.2) is 73.5 Å². The van der Waals surface area contributed by atoms with E-state index in [-0.39, 0.29) is 17.8 Å². The number of carbonyl (C=O) groups is 1. The van der Waals surface area contributed by atoms with E-state index in [9.17, 15) is 4.79 Å². The van der Waals surface area contributed by atoms with Gasteiger partial charge in [0.15, 0.2) is 0 Å². The molecule has 0 unspecified atom stereocenters. The van der Waals surface area contributed by atoms with Crippen molar-refractivity contribution in [2.45, 2.75) is 26.4 Å². The molecule has 0 spiro atoms. The molecule has 142 valence electrons. The summed E-state index contributed by atoms with van der Waals surface area (Å²) in [6.07, 6.45) is 5.09. The number of amides is 1. The number of hydrogen-bond donors (Lipinski definition) is 0. The van der Waals surface area contributed by atoms with Crippen LogP contribution in [0.1, 0.15) is 33.7 Å². The van der Waals surface area contributed by atoms with Gasteiger partial charge in [-0.1, -0.05) is 5.21 Å². The summed E-state index contributed by atoms with van der Waals surface area (Å²) in [5.41, 5.74) is 2.49. The molecule has 12 heteroatoms. The maximum atomic E-state index is 12.7. The number of fused-ring (bicyclic) bond motifs is 1. The van der Waals surface area contributed by atoms with Gasteiger partial charge in [-0.3, -0.25) is 4.79 Å². The largest absolute Gasteiger partial charge is 0.331 e. The van der Waals surface area contributed by atoms with Crippen LogP contribution in [0.15, 0.2) is 24.7 Å². The molecule has 1 fully saturated rings. The highest BCUT2D eigenvalue weighted by molar-refractivity contribution is 5.91. The average molecular weight is 379 g/mol. The zero-order chi connectivity index (χ0) is 19.3. The topological polar surface area (TPSA) is 125 Å². The Balaban J connectivity index is 1.26. The van der Waals surface area contributed by atoms with Crippen molar-refractivity contribution < 1.29 is 4.79 Å². The van der Waals surface area contributed by atoms with Crippen LogP contribution in [0, 0.1) is 13.8 Å². The molecule has 4 aromatic heterocycles. The maximum Gasteiger partial charge on any atom is 0.293 e. The van der Waals surface area contributed by atoms with E-state index in [1.54, 1.807) is 26.5 Å². The first-order chi connectivity index (χ1) is 13.6. The fraction of sp³-hybridized carbons (Fsp3) is 0.375. The van der Waals surface area contributed by atoms with Crippen molar-refractivity contribution in [2.24, 2.45) is 0 Å². The molecule has 0 N–H and O–H groups in total. The standard InChI is InChI=1S/C16H17N11O/c1-10-5-11(2)27-16(19-10)20-14(22-27)15(28)24-8-13(9-24)25-6-12(21-23-25)7-26-17-3-4-18-26/h3-6,13H,7-9H2,1-2H3. The van der Waals surface area contributed by atoms with E-state index < -0.39 is 0 Å². The van der Waals surface area contributed by atoms with E-state index in [2.05, 4.69) is 35.6 Å². The molecule has 4 aromatic rings. The Bertz CT molecular complexity index is 1150. The highest BCUT2D eigenvalue weighted by atomic mass is 16.2. The fourth-order valence-electron chi connectivity index (χ4n) is 3.22. The van der Waals surface area contributed by atoms with Gasteiger partial charge in [0.05, 0.1) is 24.6 Å². The molecule has 0 radical (unpaired) electrons. The first kappa shape index (κ1) is 16.5. The molecule has 0 bridgehead atoms. The van der Waals surface area contributed by atoms with Crippen molar-refractivity contribution in [2.75, 3.05) is 13.1 Å². The summed E-state index contributed by atoms with van der Waals surface area (Å²) in [5.74, 6) is 0.384. The Morgan fingerprint density at radius 2 is 1.96 bits per heavy atom. The minimum absolute atomic E-state index is 0.0786. The summed E-state index contributed by atoms with van der Waals surface area (Å²) in [6, 6.07) is 1.98. The second-order valence-corrected chi connectivity index (χ2v) is 6.80. The highest BCUT2D eigenvalue weighted by Gasteiger charge is 2.35. The van der Waals surface area contributed by atoms with Crippen molar-refractivity contribution in [1.29, 1.82) is 0 Å². The average Bonchev–Trinajstić information content (AvgIpc) is 3.34. The lowest BCUT2D eigenvalue weighted by atomic mass is 10.1. The van der Waals surface area contributed by atoms with E-state index in [0.717, 1.165) is 17.1 Å². The maximum absolute atomic E-state index is 12.7. The van der Waals surface area contributed by atoms with Gasteiger partial charge in [0.1, 0.15) is 12.2 Å². The normalized spacial score (nSPS) is 14.6. The number of carbonyl (C=O) groups excluding carboxylic acids is 1. The Morgan fingerprint density at radius 1 is 1.18 bits per heavy atom. The zero-order valence-corrected chi connectivity index (χ0v) is 15.3. The van der Waals surface area contributed by atoms with Crippen molar-refractivity contribution in [1.82, 2.24) is 54.5 Å². The second kappa shape index (κ2) is 6.18. The molecule has 1 saturated heterocycles. The highest BCUT2D eigenvalue weighted by Crippen LogP contribution is 2.22. The van der Waals surface area contributed by atoms with Crippen LogP contribution in [0.4, 0.5) is 0 Å². The lowest BCUT2D eigenvalue weighted by Gasteiger charge is -2.38. The Hall–Kier alpha value is -3.70. The van der Waals surface area contributed by atoms with Crippen LogP contribution in [0.5, 0.6) is 0 Å². The van der Waals surface area contributed by atoms with Gasteiger partial charge in [-0.25, -0.2) is 14.2 Å². The van der Waals surface area contributed by atoms with E-state index in [1.807, 2.05) is 26.1 Å². The molecule has 28 heavy (non-hydrogen) atoms. The molecule has 1 aliphatic heterocycles. The summed E-state index contributed by atoms with van der Waals surface area (Å²) in [7, 11) is 0. The van der Waals surface area contributed by atoms with E-state index in [4.69, 9.17) is 0 Å². The third kappa shape index (κ3) is 2.78. The van der Waals surface area contributed by atoms with Crippen molar-refractivity contribution in [3.05, 3.63) is 47.6 Å². The van der Waals surface area contributed by atoms with Crippen LogP contribution in [0.3, 0.4) is 0 Å². The molecule has 0 aromatic carbocycles. The number of aryl methyl sites for hydroxylation is 2. The van der Waals surface area contributed by atoms with Gasteiger partial charge in [0, 0.05) is 24.5 Å². The fourth-order valence-corrected chi connectivity index (χ4v) is 3.22. The lowest BCUT2D eigenvalue weighted by Crippen LogP contribution is -2.51. The second-order valence-electron chi connectivity index (χ2n) is 6.80. The molecule has 1 aliphatic rings. The molecule has 1 amide bonds. The smallest absolute Gasteiger partial charge is 0.293 e. The number of nitrogens with zero attached hydrogens (tertiary/aromatic N) is 11. The van der Waals surface area contributed by atoms with Crippen molar-refractivity contribution >= 4 is 11.7 Å². The quantitative estimate of drug-likeness (QED) is 0.472. The van der Waals surface area contributed by atoms with E-state index in [1.165, 1.54) is 4.80 Å². The molecule has 5 heterocycles. The SMILES string of the molecule is Cc1cc(C)n2nc(C(=O)N3CC(n4cc(Cn5nccn5)nn4)C3)nc2n1. The predicted molar refractivity (Wildman–Crippen MR) is 94.3 cm³/mol. The number of likely N-dealkylation sites (tertiary alicyclic amines) is 1. The van der Waals surface area contributed by atoms with Crippen LogP contribution in [0.2, 0.25) is 0 Å². The summed E-state index contributed by atoms with van der Waals surface area (Å²) in [6.45, 7) is 5.31.